The van der Waals surface area contributed by atoms with Gasteiger partial charge in [-0.3, -0.25) is 4.79 Å². The molecular formula is C9H7NO5S. The van der Waals surface area contributed by atoms with Gasteiger partial charge in [0, 0.05) is 0 Å². The molecule has 0 bridgehead atoms. The number of hydrogen-bond donors (Lipinski definition) is 2. The Morgan fingerprint density at radius 1 is 1.38 bits per heavy atom. The number of carbonyl (C=O) groups excluding carboxylic acids is 1. The number of rotatable bonds is 1. The minimum Gasteiger partial charge on any atom is -0.478 e. The molecule has 0 radical (unpaired) electrons. The minimum atomic E-state index is -3.72. The molecule has 0 saturated carbocycles. The van der Waals surface area contributed by atoms with Crippen LogP contribution in [0.3, 0.4) is 0 Å². The standard InChI is InChI=1S/C9H7NO5S/c11-7-4-16(14,15)6-3-1-2-5(9(12)13)8(6)10-7/h1-3H,4H2,(H,10,11)(H,12,13). The van der Waals surface area contributed by atoms with Crippen LogP contribution in [0.2, 0.25) is 0 Å². The van der Waals surface area contributed by atoms with Crippen LogP contribution in [0.1, 0.15) is 10.4 Å². The molecule has 1 aliphatic heterocycles. The smallest absolute Gasteiger partial charge is 0.337 e. The van der Waals surface area contributed by atoms with Crippen LogP contribution in [0.4, 0.5) is 5.69 Å². The number of amides is 1. The largest absolute Gasteiger partial charge is 0.478 e. The zero-order valence-corrected chi connectivity index (χ0v) is 8.74. The van der Waals surface area contributed by atoms with Crippen molar-refractivity contribution in [2.75, 3.05) is 11.1 Å². The van der Waals surface area contributed by atoms with Crippen LogP contribution < -0.4 is 5.32 Å². The van der Waals surface area contributed by atoms with Gasteiger partial charge in [-0.2, -0.15) is 0 Å². The van der Waals surface area contributed by atoms with E-state index in [1.807, 2.05) is 0 Å². The molecule has 0 atom stereocenters. The molecule has 16 heavy (non-hydrogen) atoms. The normalized spacial score (nSPS) is 17.4. The van der Waals surface area contributed by atoms with Crippen molar-refractivity contribution in [3.63, 3.8) is 0 Å². The minimum absolute atomic E-state index is 0.146. The highest BCUT2D eigenvalue weighted by Crippen LogP contribution is 2.29. The van der Waals surface area contributed by atoms with Crippen molar-refractivity contribution in [2.45, 2.75) is 4.90 Å². The number of sulfone groups is 1. The quantitative estimate of drug-likeness (QED) is 0.726. The number of benzene rings is 1. The van der Waals surface area contributed by atoms with Gasteiger partial charge in [-0.05, 0) is 12.1 Å². The fraction of sp³-hybridized carbons (Fsp3) is 0.111. The second-order valence-corrected chi connectivity index (χ2v) is 5.25. The van der Waals surface area contributed by atoms with Crippen LogP contribution in [0.5, 0.6) is 0 Å². The molecule has 1 aromatic rings. The number of anilines is 1. The van der Waals surface area contributed by atoms with Crippen LogP contribution in [0.15, 0.2) is 23.1 Å². The summed E-state index contributed by atoms with van der Waals surface area (Å²) in [4.78, 5) is 21.8. The Labute approximate surface area is 90.8 Å². The maximum Gasteiger partial charge on any atom is 0.337 e. The number of aromatic carboxylic acids is 1. The molecule has 84 valence electrons. The van der Waals surface area contributed by atoms with E-state index >= 15 is 0 Å². The van der Waals surface area contributed by atoms with Gasteiger partial charge >= 0.3 is 5.97 Å². The lowest BCUT2D eigenvalue weighted by Crippen LogP contribution is -2.30. The van der Waals surface area contributed by atoms with Gasteiger partial charge in [0.05, 0.1) is 16.1 Å². The van der Waals surface area contributed by atoms with Crippen molar-refractivity contribution in [3.05, 3.63) is 23.8 Å². The Kier molecular flexibility index (Phi) is 2.20. The molecule has 7 heteroatoms. The Balaban J connectivity index is 2.77. The monoisotopic (exact) mass is 241 g/mol. The first-order valence-corrected chi connectivity index (χ1v) is 5.96. The van der Waals surface area contributed by atoms with Gasteiger partial charge in [0.2, 0.25) is 5.91 Å². The number of carbonyl (C=O) groups is 2. The van der Waals surface area contributed by atoms with E-state index in [2.05, 4.69) is 5.32 Å². The van der Waals surface area contributed by atoms with Crippen molar-refractivity contribution in [2.24, 2.45) is 0 Å². The van der Waals surface area contributed by atoms with Gasteiger partial charge in [0.25, 0.3) is 0 Å². The Morgan fingerprint density at radius 2 is 2.06 bits per heavy atom. The molecule has 1 aromatic carbocycles. The van der Waals surface area contributed by atoms with Crippen LogP contribution in [-0.2, 0) is 14.6 Å². The molecule has 2 N–H and O–H groups in total. The van der Waals surface area contributed by atoms with Gasteiger partial charge in [0.15, 0.2) is 9.84 Å². The zero-order valence-electron chi connectivity index (χ0n) is 7.93. The van der Waals surface area contributed by atoms with Gasteiger partial charge in [0.1, 0.15) is 5.75 Å². The predicted molar refractivity (Wildman–Crippen MR) is 54.1 cm³/mol. The first-order valence-electron chi connectivity index (χ1n) is 4.31. The van der Waals surface area contributed by atoms with Crippen molar-refractivity contribution < 1.29 is 23.1 Å². The van der Waals surface area contributed by atoms with Crippen molar-refractivity contribution >= 4 is 27.4 Å². The van der Waals surface area contributed by atoms with E-state index < -0.39 is 27.5 Å². The summed E-state index contributed by atoms with van der Waals surface area (Å²) in [5.74, 6) is -2.65. The lowest BCUT2D eigenvalue weighted by Gasteiger charge is -2.18. The molecule has 2 rings (SSSR count). The second kappa shape index (κ2) is 3.31. The number of nitrogens with one attached hydrogen (secondary N) is 1. The van der Waals surface area contributed by atoms with Gasteiger partial charge in [-0.15, -0.1) is 0 Å². The highest BCUT2D eigenvalue weighted by atomic mass is 32.2. The van der Waals surface area contributed by atoms with E-state index in [0.717, 1.165) is 0 Å². The van der Waals surface area contributed by atoms with E-state index in [4.69, 9.17) is 5.11 Å². The number of para-hydroxylation sites is 1. The third-order valence-corrected chi connectivity index (χ3v) is 3.83. The molecule has 0 saturated heterocycles. The van der Waals surface area contributed by atoms with E-state index in [1.54, 1.807) is 0 Å². The molecule has 1 heterocycles. The Morgan fingerprint density at radius 3 is 2.69 bits per heavy atom. The average Bonchev–Trinajstić information content (AvgIpc) is 2.15. The van der Waals surface area contributed by atoms with Crippen molar-refractivity contribution in [1.29, 1.82) is 0 Å². The fourth-order valence-electron chi connectivity index (χ4n) is 1.52. The van der Waals surface area contributed by atoms with Gasteiger partial charge in [-0.25, -0.2) is 13.2 Å². The van der Waals surface area contributed by atoms with Crippen molar-refractivity contribution in [3.8, 4) is 0 Å². The SMILES string of the molecule is O=C1CS(=O)(=O)c2cccc(C(=O)O)c2N1. The fourth-order valence-corrected chi connectivity index (χ4v) is 2.85. The summed E-state index contributed by atoms with van der Waals surface area (Å²) in [6, 6.07) is 3.84. The molecule has 1 amide bonds. The van der Waals surface area contributed by atoms with Crippen molar-refractivity contribution in [1.82, 2.24) is 0 Å². The van der Waals surface area contributed by atoms with E-state index in [1.165, 1.54) is 18.2 Å². The van der Waals surface area contributed by atoms with Crippen LogP contribution >= 0.6 is 0 Å². The zero-order chi connectivity index (χ0) is 11.9. The lowest BCUT2D eigenvalue weighted by atomic mass is 10.1. The molecule has 0 fully saturated rings. The third-order valence-electron chi connectivity index (χ3n) is 2.18. The molecule has 1 aliphatic rings. The summed E-state index contributed by atoms with van der Waals surface area (Å²) < 4.78 is 23.2. The van der Waals surface area contributed by atoms with Crippen LogP contribution in [0, 0.1) is 0 Å². The first kappa shape index (κ1) is 10.6. The first-order chi connectivity index (χ1) is 7.42. The molecule has 0 unspecified atom stereocenters. The summed E-state index contributed by atoms with van der Waals surface area (Å²) in [7, 11) is -3.72. The van der Waals surface area contributed by atoms with Crippen LogP contribution in [-0.4, -0.2) is 31.2 Å². The van der Waals surface area contributed by atoms with E-state index in [9.17, 15) is 18.0 Å². The highest BCUT2D eigenvalue weighted by molar-refractivity contribution is 7.92. The number of fused-ring (bicyclic) bond motifs is 1. The summed E-state index contributed by atoms with van der Waals surface area (Å²) in [6.45, 7) is 0. The number of carboxylic acids is 1. The molecule has 0 spiro atoms. The highest BCUT2D eigenvalue weighted by Gasteiger charge is 2.31. The lowest BCUT2D eigenvalue weighted by molar-refractivity contribution is -0.114. The molecule has 6 nitrogen and oxygen atoms in total. The molecule has 0 aliphatic carbocycles. The maximum absolute atomic E-state index is 11.6. The van der Waals surface area contributed by atoms with Crippen LogP contribution in [0.25, 0.3) is 0 Å². The Bertz CT molecular complexity index is 590. The van der Waals surface area contributed by atoms with Gasteiger partial charge in [-0.1, -0.05) is 6.07 Å². The predicted octanol–water partition coefficient (Wildman–Crippen LogP) is 0.111. The average molecular weight is 241 g/mol. The number of carboxylic acid groups (broad SMARTS) is 1. The number of hydrogen-bond acceptors (Lipinski definition) is 4. The Hall–Kier alpha value is -1.89. The summed E-state index contributed by atoms with van der Waals surface area (Å²) >= 11 is 0. The summed E-state index contributed by atoms with van der Waals surface area (Å²) in [5.41, 5.74) is -0.375. The van der Waals surface area contributed by atoms with Gasteiger partial charge < -0.3 is 10.4 Å². The molecular weight excluding hydrogens is 234 g/mol. The van der Waals surface area contributed by atoms with E-state index in [0.29, 0.717) is 0 Å². The third kappa shape index (κ3) is 1.54. The summed E-state index contributed by atoms with van der Waals surface area (Å²) in [6.07, 6.45) is 0. The maximum atomic E-state index is 11.6. The topological polar surface area (TPSA) is 101 Å². The second-order valence-electron chi connectivity index (χ2n) is 3.29. The summed E-state index contributed by atoms with van der Waals surface area (Å²) in [5, 5.41) is 11.1. The van der Waals surface area contributed by atoms with E-state index in [-0.39, 0.29) is 16.1 Å². The molecule has 0 aromatic heterocycles.